The Morgan fingerprint density at radius 2 is 1.66 bits per heavy atom. The van der Waals surface area contributed by atoms with Gasteiger partial charge in [0.15, 0.2) is 0 Å². The number of carboxylic acid groups (broad SMARTS) is 1. The Hall–Kier alpha value is -2.97. The summed E-state index contributed by atoms with van der Waals surface area (Å²) in [7, 11) is 0. The summed E-state index contributed by atoms with van der Waals surface area (Å²) in [6.45, 7) is 0.375. The molecule has 0 bridgehead atoms. The van der Waals surface area contributed by atoms with E-state index >= 15 is 0 Å². The smallest absolute Gasteiger partial charge is 0.305 e. The Morgan fingerprint density at radius 1 is 0.966 bits per heavy atom. The van der Waals surface area contributed by atoms with Crippen molar-refractivity contribution in [1.29, 1.82) is 0 Å². The van der Waals surface area contributed by atoms with Gasteiger partial charge in [-0.05, 0) is 11.6 Å². The number of carboxylic acids is 1. The van der Waals surface area contributed by atoms with Crippen molar-refractivity contribution in [3.05, 3.63) is 70.6 Å². The number of rotatable bonds is 5. The van der Waals surface area contributed by atoms with Crippen molar-refractivity contribution in [2.24, 2.45) is 0 Å². The van der Waals surface area contributed by atoms with Crippen molar-refractivity contribution in [3.63, 3.8) is 0 Å². The van der Waals surface area contributed by atoms with Gasteiger partial charge in [-0.3, -0.25) is 19.3 Å². The largest absolute Gasteiger partial charge is 0.481 e. The lowest BCUT2D eigenvalue weighted by molar-refractivity contribution is -0.137. The third-order valence-electron chi connectivity index (χ3n) is 4.73. The lowest BCUT2D eigenvalue weighted by Gasteiger charge is -2.17. The van der Waals surface area contributed by atoms with Crippen molar-refractivity contribution in [1.82, 2.24) is 4.90 Å². The van der Waals surface area contributed by atoms with Crippen molar-refractivity contribution in [3.8, 4) is 0 Å². The third-order valence-corrected chi connectivity index (χ3v) is 6.18. The summed E-state index contributed by atoms with van der Waals surface area (Å²) < 4.78 is 0.269. The van der Waals surface area contributed by atoms with Crippen LogP contribution in [0.4, 0.5) is 5.69 Å². The first-order valence-electron chi connectivity index (χ1n) is 8.92. The summed E-state index contributed by atoms with van der Waals surface area (Å²) in [5, 5.41) is 8.91. The van der Waals surface area contributed by atoms with Crippen LogP contribution in [-0.2, 0) is 20.9 Å². The van der Waals surface area contributed by atoms with E-state index in [4.69, 9.17) is 17.3 Å². The molecule has 8 heteroatoms. The van der Waals surface area contributed by atoms with Crippen LogP contribution >= 0.6 is 24.0 Å². The van der Waals surface area contributed by atoms with Gasteiger partial charge in [0.2, 0.25) is 0 Å². The van der Waals surface area contributed by atoms with E-state index in [1.165, 1.54) is 4.90 Å². The zero-order valence-corrected chi connectivity index (χ0v) is 16.8. The molecule has 2 aliphatic rings. The van der Waals surface area contributed by atoms with Gasteiger partial charge in [-0.25, -0.2) is 0 Å². The Bertz CT molecular complexity index is 1070. The molecule has 2 heterocycles. The number of carbonyl (C=O) groups excluding carboxylic acids is 2. The number of thiocarbonyl (C=S) groups is 1. The van der Waals surface area contributed by atoms with Crippen LogP contribution in [0.25, 0.3) is 5.57 Å². The minimum atomic E-state index is -1.01. The molecule has 1 N–H and O–H groups in total. The molecule has 6 nitrogen and oxygen atoms in total. The Labute approximate surface area is 176 Å². The normalized spacial score (nSPS) is 18.6. The van der Waals surface area contributed by atoms with Crippen molar-refractivity contribution >= 4 is 57.3 Å². The number of hydrogen-bond acceptors (Lipinski definition) is 5. The third kappa shape index (κ3) is 3.56. The summed E-state index contributed by atoms with van der Waals surface area (Å²) in [5.41, 5.74) is 2.73. The van der Waals surface area contributed by atoms with E-state index in [1.54, 1.807) is 4.90 Å². The van der Waals surface area contributed by atoms with Crippen LogP contribution in [0.5, 0.6) is 0 Å². The van der Waals surface area contributed by atoms with Crippen LogP contribution in [0, 0.1) is 0 Å². The van der Waals surface area contributed by atoms with Crippen LogP contribution in [0.1, 0.15) is 17.5 Å². The molecule has 0 saturated carbocycles. The molecule has 29 heavy (non-hydrogen) atoms. The van der Waals surface area contributed by atoms with Gasteiger partial charge in [0.1, 0.15) is 4.32 Å². The molecule has 4 rings (SSSR count). The Morgan fingerprint density at radius 3 is 2.38 bits per heavy atom. The average Bonchev–Trinajstić information content (AvgIpc) is 3.14. The van der Waals surface area contributed by atoms with Crippen LogP contribution < -0.4 is 4.90 Å². The second-order valence-electron chi connectivity index (χ2n) is 6.57. The number of aliphatic carboxylic acids is 1. The van der Waals surface area contributed by atoms with Crippen LogP contribution in [-0.4, -0.2) is 38.7 Å². The number of hydrogen-bond donors (Lipinski definition) is 1. The van der Waals surface area contributed by atoms with Gasteiger partial charge < -0.3 is 10.0 Å². The fourth-order valence-corrected chi connectivity index (χ4v) is 4.75. The van der Waals surface area contributed by atoms with Gasteiger partial charge in [-0.15, -0.1) is 0 Å². The summed E-state index contributed by atoms with van der Waals surface area (Å²) in [5.74, 6) is -1.68. The topological polar surface area (TPSA) is 77.9 Å². The molecule has 1 fully saturated rings. The molecule has 0 unspecified atom stereocenters. The zero-order chi connectivity index (χ0) is 20.5. The number of amides is 2. The van der Waals surface area contributed by atoms with Gasteiger partial charge in [0.25, 0.3) is 11.8 Å². The van der Waals surface area contributed by atoms with Crippen LogP contribution in [0.2, 0.25) is 0 Å². The molecule has 2 amide bonds. The van der Waals surface area contributed by atoms with Gasteiger partial charge in [-0.1, -0.05) is 72.5 Å². The Kier molecular flexibility index (Phi) is 5.21. The second kappa shape index (κ2) is 7.81. The number of carbonyl (C=O) groups is 3. The van der Waals surface area contributed by atoms with Gasteiger partial charge in [0.05, 0.1) is 29.1 Å². The number of benzene rings is 2. The molecule has 0 radical (unpaired) electrons. The first-order valence-corrected chi connectivity index (χ1v) is 10.1. The highest BCUT2D eigenvalue weighted by Gasteiger charge is 2.41. The monoisotopic (exact) mass is 424 g/mol. The van der Waals surface area contributed by atoms with Crippen LogP contribution in [0.15, 0.2) is 59.5 Å². The predicted molar refractivity (Wildman–Crippen MR) is 115 cm³/mol. The maximum absolute atomic E-state index is 13.3. The summed E-state index contributed by atoms with van der Waals surface area (Å²) >= 11 is 6.32. The zero-order valence-electron chi connectivity index (χ0n) is 15.2. The van der Waals surface area contributed by atoms with Crippen molar-refractivity contribution < 1.29 is 19.5 Å². The minimum absolute atomic E-state index is 0.0135. The van der Waals surface area contributed by atoms with E-state index in [0.717, 1.165) is 23.0 Å². The molecule has 0 spiro atoms. The molecule has 2 aliphatic heterocycles. The van der Waals surface area contributed by atoms with E-state index in [1.807, 2.05) is 54.6 Å². The standard InChI is InChI=1S/C21H16N2O4S2/c24-16(25)10-11-22-20(27)18(29-21(22)28)17-14-8-4-5-9-15(14)23(19(17)26)12-13-6-2-1-3-7-13/h1-9H,10-12H2,(H,24,25)/b18-17+. The van der Waals surface area contributed by atoms with Crippen molar-refractivity contribution in [2.75, 3.05) is 11.4 Å². The molecule has 2 aromatic rings. The summed E-state index contributed by atoms with van der Waals surface area (Å²) in [4.78, 5) is 40.3. The van der Waals surface area contributed by atoms with Crippen LogP contribution in [0.3, 0.4) is 0 Å². The number of para-hydroxylation sites is 1. The molecule has 1 saturated heterocycles. The molecule has 0 aromatic heterocycles. The maximum Gasteiger partial charge on any atom is 0.305 e. The van der Waals surface area contributed by atoms with Crippen molar-refractivity contribution in [2.45, 2.75) is 13.0 Å². The SMILES string of the molecule is O=C(O)CCN1C(=O)/C(=C2\C(=O)N(Cc3ccccc3)c3ccccc32)SC1=S. The van der Waals surface area contributed by atoms with E-state index < -0.39 is 11.9 Å². The molecular weight excluding hydrogens is 408 g/mol. The fraction of sp³-hybridized carbons (Fsp3) is 0.143. The molecule has 2 aromatic carbocycles. The van der Waals surface area contributed by atoms with E-state index in [2.05, 4.69) is 0 Å². The second-order valence-corrected chi connectivity index (χ2v) is 8.21. The first kappa shape index (κ1) is 19.4. The Balaban J connectivity index is 1.73. The molecule has 0 aliphatic carbocycles. The molecule has 146 valence electrons. The highest BCUT2D eigenvalue weighted by Crippen LogP contribution is 2.44. The predicted octanol–water partition coefficient (Wildman–Crippen LogP) is 3.28. The molecule has 0 atom stereocenters. The van der Waals surface area contributed by atoms with E-state index in [-0.39, 0.29) is 28.1 Å². The highest BCUT2D eigenvalue weighted by atomic mass is 32.2. The number of nitrogens with zero attached hydrogens (tertiary/aromatic N) is 2. The maximum atomic E-state index is 13.3. The number of fused-ring (bicyclic) bond motifs is 1. The molecular formula is C21H16N2O4S2. The quantitative estimate of drug-likeness (QED) is 0.586. The highest BCUT2D eigenvalue weighted by molar-refractivity contribution is 8.26. The van der Waals surface area contributed by atoms with Gasteiger partial charge >= 0.3 is 5.97 Å². The van der Waals surface area contributed by atoms with E-state index in [9.17, 15) is 14.4 Å². The summed E-state index contributed by atoms with van der Waals surface area (Å²) in [6.07, 6.45) is -0.209. The van der Waals surface area contributed by atoms with Gasteiger partial charge in [-0.2, -0.15) is 0 Å². The lowest BCUT2D eigenvalue weighted by atomic mass is 10.1. The minimum Gasteiger partial charge on any atom is -0.481 e. The van der Waals surface area contributed by atoms with Gasteiger partial charge in [0, 0.05) is 12.1 Å². The number of anilines is 1. The fourth-order valence-electron chi connectivity index (χ4n) is 3.37. The average molecular weight is 425 g/mol. The van der Waals surface area contributed by atoms with E-state index in [0.29, 0.717) is 17.7 Å². The lowest BCUT2D eigenvalue weighted by Crippen LogP contribution is -2.31. The first-order chi connectivity index (χ1) is 14.0. The number of thioether (sulfide) groups is 1. The summed E-state index contributed by atoms with van der Waals surface area (Å²) in [6, 6.07) is 17.0.